The van der Waals surface area contributed by atoms with Crippen LogP contribution in [-0.2, 0) is 4.57 Å². The van der Waals surface area contributed by atoms with Gasteiger partial charge < -0.3 is 8.78 Å². The Bertz CT molecular complexity index is 152. The van der Waals surface area contributed by atoms with Gasteiger partial charge in [0, 0.05) is 0 Å². The molecule has 0 amide bonds. The second kappa shape index (κ2) is 7.58. The van der Waals surface area contributed by atoms with E-state index in [1.165, 1.54) is 0 Å². The first kappa shape index (κ1) is 19.8. The molecule has 0 fully saturated rings. The summed E-state index contributed by atoms with van der Waals surface area (Å²) in [4.78, 5) is 0. The van der Waals surface area contributed by atoms with Crippen molar-refractivity contribution in [1.82, 2.24) is 0 Å². The minimum absolute atomic E-state index is 0. The summed E-state index contributed by atoms with van der Waals surface area (Å²) in [6.07, 6.45) is -8.92. The summed E-state index contributed by atoms with van der Waals surface area (Å²) in [5.74, 6) is 0. The number of rotatable bonds is 0. The number of alkyl halides is 3. The van der Waals surface area contributed by atoms with Crippen molar-refractivity contribution >= 4 is 8.07 Å². The third-order valence-corrected chi connectivity index (χ3v) is 0.214. The molecule has 0 saturated carbocycles. The Morgan fingerprint density at radius 1 is 1.00 bits per heavy atom. The average molecular weight is 262 g/mol. The first-order chi connectivity index (χ1) is 4.94. The van der Waals surface area contributed by atoms with Crippen LogP contribution >= 0.6 is 8.07 Å². The van der Waals surface area contributed by atoms with E-state index in [-0.39, 0.29) is 51.4 Å². The van der Waals surface area contributed by atoms with E-state index in [0.717, 1.165) is 0 Å². The molecule has 1 nitrogen and oxygen atoms in total. The molecule has 0 spiro atoms. The Kier molecular flexibility index (Phi) is 11.6. The van der Waals surface area contributed by atoms with Crippen molar-refractivity contribution in [2.45, 2.75) is 6.18 Å². The van der Waals surface area contributed by atoms with Crippen LogP contribution in [0, 0.1) is 6.43 Å². The Morgan fingerprint density at radius 3 is 1.08 bits per heavy atom. The third kappa shape index (κ3) is 31.9. The van der Waals surface area contributed by atoms with Gasteiger partial charge in [-0.15, -0.1) is 12.6 Å². The normalized spacial score (nSPS) is 11.5. The van der Waals surface area contributed by atoms with E-state index in [0.29, 0.717) is 0 Å². The van der Waals surface area contributed by atoms with E-state index in [1.54, 1.807) is 0 Å². The molecule has 0 heterocycles. The van der Waals surface area contributed by atoms with Crippen LogP contribution in [0.2, 0.25) is 0 Å². The molecule has 0 atom stereocenters. The second-order valence-corrected chi connectivity index (χ2v) is 1.95. The fourth-order valence-corrected chi connectivity index (χ4v) is 0. The Balaban J connectivity index is -0.000000150. The van der Waals surface area contributed by atoms with Gasteiger partial charge in [0.25, 0.3) is 0 Å². The van der Waals surface area contributed by atoms with Crippen LogP contribution in [0.15, 0.2) is 0 Å². The second-order valence-electron chi connectivity index (χ2n) is 1.16. The molecule has 0 saturated heterocycles. The SMILES string of the molecule is F[C-](F)C(F)(F)F.O=P(F)(F)F.[K+]. The fourth-order valence-electron chi connectivity index (χ4n) is 0. The van der Waals surface area contributed by atoms with Gasteiger partial charge in [0.15, 0.2) is 0 Å². The van der Waals surface area contributed by atoms with Crippen LogP contribution in [0.4, 0.5) is 34.5 Å². The van der Waals surface area contributed by atoms with E-state index < -0.39 is 20.7 Å². The van der Waals surface area contributed by atoms with Crippen molar-refractivity contribution in [2.24, 2.45) is 0 Å². The van der Waals surface area contributed by atoms with Gasteiger partial charge in [-0.05, 0) is 0 Å². The Hall–Kier alpha value is 1.31. The zero-order valence-electron chi connectivity index (χ0n) is 5.88. The smallest absolute Gasteiger partial charge is 0.412 e. The van der Waals surface area contributed by atoms with Gasteiger partial charge in [-0.1, -0.05) is 0 Å². The molecule has 0 radical (unpaired) electrons. The molecule has 11 heteroatoms. The molecule has 0 aromatic rings. The summed E-state index contributed by atoms with van der Waals surface area (Å²) in [6.45, 7) is 0. The monoisotopic (exact) mass is 262 g/mol. The predicted octanol–water partition coefficient (Wildman–Crippen LogP) is 0.984. The van der Waals surface area contributed by atoms with Gasteiger partial charge in [0.1, 0.15) is 6.43 Å². The van der Waals surface area contributed by atoms with E-state index in [2.05, 4.69) is 0 Å². The van der Waals surface area contributed by atoms with Crippen LogP contribution in [0.5, 0.6) is 0 Å². The molecule has 0 unspecified atom stereocenters. The molecule has 0 aliphatic heterocycles. The standard InChI is InChI=1S/C2F5.F3OP.K/c3-1(4)2(5,6)7;1-5(2,3)4;/q-1;;+1. The topological polar surface area (TPSA) is 17.1 Å². The first-order valence-electron chi connectivity index (χ1n) is 1.88. The molecule has 0 rings (SSSR count). The van der Waals surface area contributed by atoms with Gasteiger partial charge in [-0.3, -0.25) is 0 Å². The maximum absolute atomic E-state index is 10.4. The van der Waals surface area contributed by atoms with Crippen molar-refractivity contribution in [3.05, 3.63) is 6.43 Å². The predicted molar refractivity (Wildman–Crippen MR) is 22.4 cm³/mol. The molecule has 13 heavy (non-hydrogen) atoms. The number of halogens is 8. The quantitative estimate of drug-likeness (QED) is 0.275. The van der Waals surface area contributed by atoms with Crippen LogP contribution in [-0.4, -0.2) is 6.18 Å². The summed E-state index contributed by atoms with van der Waals surface area (Å²) in [5.41, 5.74) is 0. The van der Waals surface area contributed by atoms with Crippen molar-refractivity contribution in [2.75, 3.05) is 0 Å². The third-order valence-electron chi connectivity index (χ3n) is 0.214. The largest absolute Gasteiger partial charge is 1.00 e. The summed E-state index contributed by atoms with van der Waals surface area (Å²) >= 11 is 0. The summed E-state index contributed by atoms with van der Waals surface area (Å²) in [5, 5.41) is 0. The van der Waals surface area contributed by atoms with Crippen LogP contribution in [0.1, 0.15) is 0 Å². The van der Waals surface area contributed by atoms with E-state index in [4.69, 9.17) is 4.57 Å². The maximum Gasteiger partial charge on any atom is 1.00 e. The first-order valence-corrected chi connectivity index (χ1v) is 3.26. The molecule has 0 aromatic heterocycles. The van der Waals surface area contributed by atoms with E-state index in [9.17, 15) is 34.5 Å². The van der Waals surface area contributed by atoms with Crippen LogP contribution in [0.25, 0.3) is 0 Å². The molecular formula is C2F8KOP. The Labute approximate surface area is 110 Å². The van der Waals surface area contributed by atoms with E-state index in [1.807, 2.05) is 0 Å². The Morgan fingerprint density at radius 2 is 1.08 bits per heavy atom. The molecule has 0 aliphatic rings. The van der Waals surface area contributed by atoms with Crippen LogP contribution < -0.4 is 51.4 Å². The number of hydrogen-bond acceptors (Lipinski definition) is 1. The van der Waals surface area contributed by atoms with E-state index >= 15 is 0 Å². The zero-order chi connectivity index (χ0) is 10.6. The zero-order valence-corrected chi connectivity index (χ0v) is 9.90. The molecule has 0 aromatic carbocycles. The van der Waals surface area contributed by atoms with Crippen molar-refractivity contribution in [1.29, 1.82) is 0 Å². The minimum atomic E-state index is -6.14. The van der Waals surface area contributed by atoms with Gasteiger partial charge in [-0.25, -0.2) is 17.7 Å². The number of hydrogen-bond donors (Lipinski definition) is 0. The van der Waals surface area contributed by atoms with Crippen LogP contribution in [0.3, 0.4) is 0 Å². The fraction of sp³-hybridized carbons (Fsp3) is 0.500. The molecule has 0 bridgehead atoms. The van der Waals surface area contributed by atoms with Gasteiger partial charge >= 0.3 is 65.6 Å². The van der Waals surface area contributed by atoms with Gasteiger partial charge in [0.2, 0.25) is 0 Å². The van der Waals surface area contributed by atoms with Crippen molar-refractivity contribution < 1.29 is 90.5 Å². The molecule has 0 aliphatic carbocycles. The minimum Gasteiger partial charge on any atom is -0.412 e. The molecule has 76 valence electrons. The molecular weight excluding hydrogens is 262 g/mol. The van der Waals surface area contributed by atoms with Crippen molar-refractivity contribution in [3.8, 4) is 0 Å². The van der Waals surface area contributed by atoms with Crippen molar-refractivity contribution in [3.63, 3.8) is 0 Å². The van der Waals surface area contributed by atoms with Gasteiger partial charge in [0.05, 0.1) is 0 Å². The van der Waals surface area contributed by atoms with Gasteiger partial charge in [-0.2, -0.15) is 0 Å². The maximum atomic E-state index is 10.4. The summed E-state index contributed by atoms with van der Waals surface area (Å²) < 4.78 is 89.8. The molecule has 0 N–H and O–H groups in total. The summed E-state index contributed by atoms with van der Waals surface area (Å²) in [6, 6.07) is 0. The average Bonchev–Trinajstić information content (AvgIpc) is 1.55. The summed E-state index contributed by atoms with van der Waals surface area (Å²) in [7, 11) is -6.14.